The highest BCUT2D eigenvalue weighted by molar-refractivity contribution is 6.03. The van der Waals surface area contributed by atoms with Crippen LogP contribution in [0.4, 0.5) is 13.2 Å². The summed E-state index contributed by atoms with van der Waals surface area (Å²) >= 11 is 0. The zero-order valence-corrected chi connectivity index (χ0v) is 16.9. The van der Waals surface area contributed by atoms with E-state index >= 15 is 0 Å². The molecule has 30 heavy (non-hydrogen) atoms. The summed E-state index contributed by atoms with van der Waals surface area (Å²) in [4.78, 5) is 27.1. The van der Waals surface area contributed by atoms with Gasteiger partial charge in [-0.1, -0.05) is 24.3 Å². The Bertz CT molecular complexity index is 973. The van der Waals surface area contributed by atoms with Gasteiger partial charge in [-0.3, -0.25) is 9.59 Å². The number of nitrogens with zero attached hydrogens (tertiary/aromatic N) is 1. The molecule has 8 heteroatoms. The molecule has 1 aliphatic rings. The maximum absolute atomic E-state index is 13.9. The molecule has 1 unspecified atom stereocenters. The molecule has 0 aliphatic carbocycles. The van der Waals surface area contributed by atoms with Gasteiger partial charge in [-0.2, -0.15) is 13.2 Å². The number of ether oxygens (including phenoxy) is 2. The second kappa shape index (κ2) is 8.10. The molecule has 0 spiro atoms. The van der Waals surface area contributed by atoms with Crippen molar-refractivity contribution in [1.82, 2.24) is 4.90 Å². The number of halogens is 3. The summed E-state index contributed by atoms with van der Waals surface area (Å²) in [5, 5.41) is 0. The highest BCUT2D eigenvalue weighted by Gasteiger charge is 2.60. The van der Waals surface area contributed by atoms with E-state index in [4.69, 9.17) is 0 Å². The second-order valence-corrected chi connectivity index (χ2v) is 7.54. The van der Waals surface area contributed by atoms with E-state index in [-0.39, 0.29) is 29.9 Å². The van der Waals surface area contributed by atoms with Gasteiger partial charge in [0, 0.05) is 37.4 Å². The van der Waals surface area contributed by atoms with Crippen molar-refractivity contribution in [2.24, 2.45) is 0 Å². The Hall–Kier alpha value is -2.87. The average molecular weight is 421 g/mol. The minimum absolute atomic E-state index is 0.0313. The summed E-state index contributed by atoms with van der Waals surface area (Å²) in [5.41, 5.74) is 1.48. The second-order valence-electron chi connectivity index (χ2n) is 7.54. The Labute approximate surface area is 172 Å². The molecule has 5 nitrogen and oxygen atoms in total. The lowest BCUT2D eigenvalue weighted by Gasteiger charge is -2.35. The maximum Gasteiger partial charge on any atom is 0.471 e. The van der Waals surface area contributed by atoms with Gasteiger partial charge in [0.25, 0.3) is 0 Å². The van der Waals surface area contributed by atoms with E-state index in [0.29, 0.717) is 19.0 Å². The van der Waals surface area contributed by atoms with Crippen molar-refractivity contribution in [3.63, 3.8) is 0 Å². The molecule has 0 bridgehead atoms. The summed E-state index contributed by atoms with van der Waals surface area (Å²) in [6, 6.07) is 10.8. The fraction of sp³-hybridized carbons (Fsp3) is 0.364. The highest BCUT2D eigenvalue weighted by atomic mass is 19.3. The lowest BCUT2D eigenvalue weighted by atomic mass is 9.97. The summed E-state index contributed by atoms with van der Waals surface area (Å²) in [7, 11) is 3.78. The largest absolute Gasteiger partial charge is 0.471 e. The molecule has 0 aromatic heterocycles. The first-order valence-electron chi connectivity index (χ1n) is 9.38. The van der Waals surface area contributed by atoms with Crippen LogP contribution in [0.2, 0.25) is 0 Å². The van der Waals surface area contributed by atoms with Gasteiger partial charge < -0.3 is 14.4 Å². The van der Waals surface area contributed by atoms with Gasteiger partial charge >= 0.3 is 12.0 Å². The molecule has 0 radical (unpaired) electrons. The minimum Gasteiger partial charge on any atom is -0.446 e. The average Bonchev–Trinajstić information content (AvgIpc) is 2.66. The summed E-state index contributed by atoms with van der Waals surface area (Å²) in [6.07, 6.45) is -4.34. The molecular formula is C22H22F3NO4. The number of hydrogen-bond acceptors (Lipinski definition) is 5. The molecule has 2 aromatic rings. The molecule has 3 rings (SSSR count). The number of fused-ring (bicyclic) bond motifs is 1. The predicted octanol–water partition coefficient (Wildman–Crippen LogP) is 4.64. The number of alkyl halides is 3. The molecule has 160 valence electrons. The van der Waals surface area contributed by atoms with Crippen LogP contribution in [0.15, 0.2) is 42.5 Å². The van der Waals surface area contributed by atoms with Crippen molar-refractivity contribution < 1.29 is 32.2 Å². The SMILES string of the molecule is CN(C)Cc1ccccc1C(=O)CCC(=O)c1ccc2c(c1)OC(F)(F)C(C)(F)O2. The molecule has 2 aromatic carbocycles. The number of rotatable bonds is 7. The number of benzene rings is 2. The summed E-state index contributed by atoms with van der Waals surface area (Å²) < 4.78 is 50.4. The number of carbonyl (C=O) groups excluding carboxylic acids is 2. The smallest absolute Gasteiger partial charge is 0.446 e. The Morgan fingerprint density at radius 2 is 1.60 bits per heavy atom. The van der Waals surface area contributed by atoms with Crippen molar-refractivity contribution in [2.45, 2.75) is 38.3 Å². The molecular weight excluding hydrogens is 399 g/mol. The third kappa shape index (κ3) is 4.48. The monoisotopic (exact) mass is 421 g/mol. The van der Waals surface area contributed by atoms with E-state index < -0.39 is 23.5 Å². The number of hydrogen-bond donors (Lipinski definition) is 0. The molecule has 0 fully saturated rings. The highest BCUT2D eigenvalue weighted by Crippen LogP contribution is 2.46. The predicted molar refractivity (Wildman–Crippen MR) is 104 cm³/mol. The van der Waals surface area contributed by atoms with Crippen LogP contribution in [0.1, 0.15) is 46.0 Å². The van der Waals surface area contributed by atoms with Gasteiger partial charge in [-0.25, -0.2) is 0 Å². The molecule has 0 saturated heterocycles. The molecule has 0 saturated carbocycles. The molecule has 0 N–H and O–H groups in total. The maximum atomic E-state index is 13.9. The van der Waals surface area contributed by atoms with Crippen molar-refractivity contribution >= 4 is 11.6 Å². The van der Waals surface area contributed by atoms with E-state index in [1.807, 2.05) is 31.1 Å². The van der Waals surface area contributed by atoms with Crippen LogP contribution in [0.3, 0.4) is 0 Å². The fourth-order valence-electron chi connectivity index (χ4n) is 3.12. The first-order valence-corrected chi connectivity index (χ1v) is 9.38. The lowest BCUT2D eigenvalue weighted by Crippen LogP contribution is -2.53. The molecule has 1 atom stereocenters. The van der Waals surface area contributed by atoms with Gasteiger partial charge in [0.2, 0.25) is 0 Å². The van der Waals surface area contributed by atoms with Crippen molar-refractivity contribution in [2.75, 3.05) is 14.1 Å². The van der Waals surface area contributed by atoms with Crippen LogP contribution in [0.5, 0.6) is 11.5 Å². The lowest BCUT2D eigenvalue weighted by molar-refractivity contribution is -0.332. The van der Waals surface area contributed by atoms with Gasteiger partial charge in [-0.15, -0.1) is 0 Å². The first-order chi connectivity index (χ1) is 14.0. The van der Waals surface area contributed by atoms with Crippen LogP contribution in [0.25, 0.3) is 0 Å². The summed E-state index contributed by atoms with van der Waals surface area (Å²) in [6.45, 7) is 1.15. The number of Topliss-reactive ketones (excluding diaryl/α,β-unsaturated/α-hetero) is 2. The van der Waals surface area contributed by atoms with Crippen molar-refractivity contribution in [1.29, 1.82) is 0 Å². The minimum atomic E-state index is -4.20. The third-order valence-electron chi connectivity index (χ3n) is 4.71. The Morgan fingerprint density at radius 3 is 2.30 bits per heavy atom. The van der Waals surface area contributed by atoms with Crippen LogP contribution in [-0.4, -0.2) is 42.5 Å². The third-order valence-corrected chi connectivity index (χ3v) is 4.71. The van der Waals surface area contributed by atoms with Crippen LogP contribution in [0, 0.1) is 0 Å². The fourth-order valence-corrected chi connectivity index (χ4v) is 3.12. The van der Waals surface area contributed by atoms with Crippen LogP contribution >= 0.6 is 0 Å². The Kier molecular flexibility index (Phi) is 5.90. The normalized spacial score (nSPS) is 19.6. The Morgan fingerprint density at radius 1 is 0.933 bits per heavy atom. The van der Waals surface area contributed by atoms with E-state index in [0.717, 1.165) is 11.6 Å². The van der Waals surface area contributed by atoms with Crippen molar-refractivity contribution in [3.8, 4) is 11.5 Å². The van der Waals surface area contributed by atoms with E-state index in [1.165, 1.54) is 12.1 Å². The van der Waals surface area contributed by atoms with Gasteiger partial charge in [0.1, 0.15) is 0 Å². The van der Waals surface area contributed by atoms with E-state index in [9.17, 15) is 22.8 Å². The molecule has 0 amide bonds. The molecule has 1 aliphatic heterocycles. The van der Waals surface area contributed by atoms with Gasteiger partial charge in [-0.05, 0) is 37.9 Å². The number of ketones is 2. The van der Waals surface area contributed by atoms with Gasteiger partial charge in [0.05, 0.1) is 0 Å². The van der Waals surface area contributed by atoms with Gasteiger partial charge in [0.15, 0.2) is 23.1 Å². The summed E-state index contributed by atoms with van der Waals surface area (Å²) in [5.74, 6) is -4.58. The van der Waals surface area contributed by atoms with E-state index in [1.54, 1.807) is 12.1 Å². The molecule has 1 heterocycles. The van der Waals surface area contributed by atoms with Crippen molar-refractivity contribution in [3.05, 3.63) is 59.2 Å². The zero-order valence-electron chi connectivity index (χ0n) is 16.9. The topological polar surface area (TPSA) is 55.8 Å². The van der Waals surface area contributed by atoms with Crippen LogP contribution in [-0.2, 0) is 6.54 Å². The zero-order chi connectivity index (χ0) is 22.1. The van der Waals surface area contributed by atoms with E-state index in [2.05, 4.69) is 9.47 Å². The standard InChI is InChI=1S/C22H22F3NO4/c1-21(23)22(24,25)30-20-12-14(8-11-19(20)29-21)17(27)9-10-18(28)16-7-5-4-6-15(16)13-26(2)3/h4-8,11-12H,9-10,13H2,1-3H3. The quantitative estimate of drug-likeness (QED) is 0.610. The first kappa shape index (κ1) is 21.8. The number of carbonyl (C=O) groups is 2. The van der Waals surface area contributed by atoms with Crippen LogP contribution < -0.4 is 9.47 Å². The Balaban J connectivity index is 1.70.